The summed E-state index contributed by atoms with van der Waals surface area (Å²) in [6, 6.07) is 4.93. The van der Waals surface area contributed by atoms with Gasteiger partial charge < -0.3 is 4.84 Å². The molecule has 0 radical (unpaired) electrons. The van der Waals surface area contributed by atoms with Gasteiger partial charge in [0.15, 0.2) is 0 Å². The van der Waals surface area contributed by atoms with Gasteiger partial charge in [0.2, 0.25) is 0 Å². The summed E-state index contributed by atoms with van der Waals surface area (Å²) in [7, 11) is 0. The van der Waals surface area contributed by atoms with Gasteiger partial charge in [-0.15, -0.1) is 5.16 Å². The Hall–Kier alpha value is -1.52. The summed E-state index contributed by atoms with van der Waals surface area (Å²) in [6.07, 6.45) is -4.87. The molecule has 0 aliphatic carbocycles. The van der Waals surface area contributed by atoms with E-state index in [1.165, 1.54) is 6.07 Å². The smallest absolute Gasteiger partial charge is 0.389 e. The van der Waals surface area contributed by atoms with Crippen molar-refractivity contribution in [2.24, 2.45) is 5.16 Å². The molecule has 0 N–H and O–H groups in total. The number of benzene rings is 1. The van der Waals surface area contributed by atoms with Crippen LogP contribution in [0, 0.1) is 0 Å². The zero-order chi connectivity index (χ0) is 11.5. The Bertz CT molecular complexity index is 349. The molecule has 5 heteroatoms. The van der Waals surface area contributed by atoms with Crippen LogP contribution in [0.1, 0.15) is 24.2 Å². The molecule has 1 atom stereocenters. The van der Waals surface area contributed by atoms with Crippen LogP contribution in [0.2, 0.25) is 0 Å². The highest BCUT2D eigenvalue weighted by Gasteiger charge is 2.30. The number of halogens is 3. The summed E-state index contributed by atoms with van der Waals surface area (Å²) in [5.74, 6) is 0. The van der Waals surface area contributed by atoms with E-state index in [1.807, 2.05) is 0 Å². The van der Waals surface area contributed by atoms with Crippen LogP contribution in [-0.4, -0.2) is 6.72 Å². The quantitative estimate of drug-likeness (QED) is 0.561. The highest BCUT2D eigenvalue weighted by Crippen LogP contribution is 2.31. The molecule has 0 saturated heterocycles. The van der Waals surface area contributed by atoms with Gasteiger partial charge in [-0.25, -0.2) is 0 Å². The van der Waals surface area contributed by atoms with Crippen molar-refractivity contribution in [3.63, 3.8) is 0 Å². The van der Waals surface area contributed by atoms with Crippen LogP contribution < -0.4 is 0 Å². The Morgan fingerprint density at radius 3 is 2.60 bits per heavy atom. The van der Waals surface area contributed by atoms with Gasteiger partial charge >= 0.3 is 6.18 Å². The van der Waals surface area contributed by atoms with Crippen LogP contribution >= 0.6 is 0 Å². The van der Waals surface area contributed by atoms with Crippen LogP contribution in [0.3, 0.4) is 0 Å². The van der Waals surface area contributed by atoms with E-state index in [0.717, 1.165) is 12.1 Å². The van der Waals surface area contributed by atoms with Crippen LogP contribution in [0.5, 0.6) is 0 Å². The molecule has 1 unspecified atom stereocenters. The first-order valence-corrected chi connectivity index (χ1v) is 4.24. The van der Waals surface area contributed by atoms with Gasteiger partial charge in [0, 0.05) is 6.72 Å². The van der Waals surface area contributed by atoms with Crippen molar-refractivity contribution in [2.75, 3.05) is 0 Å². The fourth-order valence-electron chi connectivity index (χ4n) is 1.14. The van der Waals surface area contributed by atoms with E-state index >= 15 is 0 Å². The van der Waals surface area contributed by atoms with Crippen LogP contribution in [0.4, 0.5) is 13.2 Å². The average molecular weight is 217 g/mol. The Balaban J connectivity index is 2.97. The third-order valence-corrected chi connectivity index (χ3v) is 1.92. The maximum atomic E-state index is 12.3. The largest absolute Gasteiger partial charge is 0.416 e. The number of rotatable bonds is 3. The van der Waals surface area contributed by atoms with Gasteiger partial charge in [-0.2, -0.15) is 13.2 Å². The third-order valence-electron chi connectivity index (χ3n) is 1.92. The number of hydrogen-bond acceptors (Lipinski definition) is 2. The minimum Gasteiger partial charge on any atom is -0.389 e. The fraction of sp³-hybridized carbons (Fsp3) is 0.300. The predicted molar refractivity (Wildman–Crippen MR) is 50.5 cm³/mol. The lowest BCUT2D eigenvalue weighted by molar-refractivity contribution is -0.137. The molecule has 0 heterocycles. The molecule has 0 bridgehead atoms. The number of alkyl halides is 3. The zero-order valence-electron chi connectivity index (χ0n) is 8.08. The van der Waals surface area contributed by atoms with Crippen molar-refractivity contribution < 1.29 is 18.0 Å². The molecule has 0 spiro atoms. The van der Waals surface area contributed by atoms with E-state index in [2.05, 4.69) is 11.9 Å². The minimum atomic E-state index is -4.34. The standard InChI is InChI=1S/C10H10F3NO/c1-7(15-14-2)8-4-3-5-9(6-8)10(11,12)13/h3-7H,2H2,1H3. The lowest BCUT2D eigenvalue weighted by Crippen LogP contribution is -2.06. The normalized spacial score (nSPS) is 13.3. The Morgan fingerprint density at radius 1 is 1.40 bits per heavy atom. The van der Waals surface area contributed by atoms with Gasteiger partial charge in [-0.1, -0.05) is 12.1 Å². The molecule has 0 aliphatic heterocycles. The molecule has 1 rings (SSSR count). The van der Waals surface area contributed by atoms with E-state index in [4.69, 9.17) is 4.84 Å². The molecular formula is C10H10F3NO. The molecule has 0 saturated carbocycles. The molecule has 0 amide bonds. The van der Waals surface area contributed by atoms with E-state index in [-0.39, 0.29) is 0 Å². The second kappa shape index (κ2) is 4.33. The van der Waals surface area contributed by atoms with Crippen molar-refractivity contribution in [2.45, 2.75) is 19.2 Å². The number of oxime groups is 1. The van der Waals surface area contributed by atoms with E-state index in [0.29, 0.717) is 5.56 Å². The molecule has 82 valence electrons. The molecule has 1 aromatic carbocycles. The number of hydrogen-bond donors (Lipinski definition) is 0. The number of nitrogens with zero attached hydrogens (tertiary/aromatic N) is 1. The van der Waals surface area contributed by atoms with Gasteiger partial charge in [0.25, 0.3) is 0 Å². The van der Waals surface area contributed by atoms with Crippen molar-refractivity contribution in [1.82, 2.24) is 0 Å². The van der Waals surface area contributed by atoms with Crippen LogP contribution in [-0.2, 0) is 11.0 Å². The summed E-state index contributed by atoms with van der Waals surface area (Å²) in [6.45, 7) is 4.70. The Morgan fingerprint density at radius 2 is 2.07 bits per heavy atom. The van der Waals surface area contributed by atoms with Crippen LogP contribution in [0.15, 0.2) is 29.4 Å². The first-order valence-electron chi connectivity index (χ1n) is 4.24. The van der Waals surface area contributed by atoms with Crippen molar-refractivity contribution in [3.05, 3.63) is 35.4 Å². The van der Waals surface area contributed by atoms with Gasteiger partial charge in [0.1, 0.15) is 6.10 Å². The molecule has 0 aromatic heterocycles. The first kappa shape index (κ1) is 11.6. The summed E-state index contributed by atoms with van der Waals surface area (Å²) >= 11 is 0. The summed E-state index contributed by atoms with van der Waals surface area (Å²) in [5.41, 5.74) is -0.281. The first-order chi connectivity index (χ1) is 6.95. The van der Waals surface area contributed by atoms with Gasteiger partial charge in [-0.05, 0) is 24.6 Å². The average Bonchev–Trinajstić information content (AvgIpc) is 2.17. The molecule has 0 aliphatic rings. The Labute approximate surface area is 85.4 Å². The lowest BCUT2D eigenvalue weighted by Gasteiger charge is -2.12. The summed E-state index contributed by atoms with van der Waals surface area (Å²) < 4.78 is 37.0. The molecular weight excluding hydrogens is 207 g/mol. The van der Waals surface area contributed by atoms with Crippen molar-refractivity contribution in [1.29, 1.82) is 0 Å². The van der Waals surface area contributed by atoms with Crippen molar-refractivity contribution >= 4 is 6.72 Å². The summed E-state index contributed by atoms with van der Waals surface area (Å²) in [4.78, 5) is 4.74. The fourth-order valence-corrected chi connectivity index (χ4v) is 1.14. The lowest BCUT2D eigenvalue weighted by atomic mass is 10.1. The highest BCUT2D eigenvalue weighted by atomic mass is 19.4. The highest BCUT2D eigenvalue weighted by molar-refractivity contribution is 5.27. The summed E-state index contributed by atoms with van der Waals surface area (Å²) in [5, 5.41) is 3.17. The predicted octanol–water partition coefficient (Wildman–Crippen LogP) is 3.40. The van der Waals surface area contributed by atoms with E-state index in [9.17, 15) is 13.2 Å². The Kier molecular flexibility index (Phi) is 3.34. The SMILES string of the molecule is C=NOC(C)c1cccc(C(F)(F)F)c1. The molecule has 2 nitrogen and oxygen atoms in total. The topological polar surface area (TPSA) is 21.6 Å². The zero-order valence-corrected chi connectivity index (χ0v) is 8.08. The molecule has 1 aromatic rings. The maximum absolute atomic E-state index is 12.3. The maximum Gasteiger partial charge on any atom is 0.416 e. The van der Waals surface area contributed by atoms with E-state index < -0.39 is 17.8 Å². The second-order valence-corrected chi connectivity index (χ2v) is 3.00. The monoisotopic (exact) mass is 217 g/mol. The second-order valence-electron chi connectivity index (χ2n) is 3.00. The third kappa shape index (κ3) is 2.97. The van der Waals surface area contributed by atoms with Crippen LogP contribution in [0.25, 0.3) is 0 Å². The van der Waals surface area contributed by atoms with Crippen molar-refractivity contribution in [3.8, 4) is 0 Å². The molecule has 15 heavy (non-hydrogen) atoms. The minimum absolute atomic E-state index is 0.414. The van der Waals surface area contributed by atoms with Gasteiger partial charge in [0.05, 0.1) is 5.56 Å². The molecule has 0 fully saturated rings. The van der Waals surface area contributed by atoms with E-state index in [1.54, 1.807) is 13.0 Å². The van der Waals surface area contributed by atoms with Gasteiger partial charge in [-0.3, -0.25) is 0 Å².